The first-order chi connectivity index (χ1) is 17.3. The smallest absolute Gasteiger partial charge is 0.326 e. The lowest BCUT2D eigenvalue weighted by Gasteiger charge is -2.49. The molecule has 2 aliphatic heterocycles. The molecule has 2 heterocycles. The highest BCUT2D eigenvalue weighted by atomic mass is 35.5. The van der Waals surface area contributed by atoms with Crippen molar-refractivity contribution in [2.45, 2.75) is 37.6 Å². The summed E-state index contributed by atoms with van der Waals surface area (Å²) in [6.07, 6.45) is 4.65. The summed E-state index contributed by atoms with van der Waals surface area (Å²) in [4.78, 5) is 29.2. The van der Waals surface area contributed by atoms with Gasteiger partial charge in [0.15, 0.2) is 0 Å². The van der Waals surface area contributed by atoms with Gasteiger partial charge in [-0.1, -0.05) is 31.5 Å². The summed E-state index contributed by atoms with van der Waals surface area (Å²) in [5, 5.41) is 12.9. The lowest BCUT2D eigenvalue weighted by atomic mass is 10.0. The standard InChI is InChI=1S/C27H37ClN4O4S/c1-19(2)16-24(26(33)34)29-27(35)32-11-10-20-17-23(8-9-25(20)32)37(3,4,36)31-14-12-30(13-15-31)22-7-5-6-21(28)18-22/h5-9,17-19,24H,10-16H2,1-4H3,(H,29,35)(H,33,34). The van der Waals surface area contributed by atoms with E-state index in [4.69, 9.17) is 11.6 Å². The average molecular weight is 549 g/mol. The molecule has 2 aliphatic rings. The number of carbonyl (C=O) groups excluding carboxylic acids is 1. The molecule has 4 rings (SSSR count). The van der Waals surface area contributed by atoms with Crippen molar-refractivity contribution in [3.8, 4) is 0 Å². The fourth-order valence-electron chi connectivity index (χ4n) is 5.17. The summed E-state index contributed by atoms with van der Waals surface area (Å²) in [5.74, 6) is -0.895. The number of urea groups is 1. The number of rotatable bonds is 7. The van der Waals surface area contributed by atoms with Crippen LogP contribution in [0.4, 0.5) is 16.2 Å². The lowest BCUT2D eigenvalue weighted by Crippen LogP contribution is -2.57. The Hall–Kier alpha value is -2.62. The zero-order chi connectivity index (χ0) is 27.0. The van der Waals surface area contributed by atoms with Crippen LogP contribution in [0.2, 0.25) is 5.02 Å². The second-order valence-electron chi connectivity index (χ2n) is 10.8. The Morgan fingerprint density at radius 1 is 1.05 bits per heavy atom. The molecule has 10 heteroatoms. The van der Waals surface area contributed by atoms with E-state index in [1.54, 1.807) is 4.90 Å². The summed E-state index contributed by atoms with van der Waals surface area (Å²) < 4.78 is 16.6. The van der Waals surface area contributed by atoms with Gasteiger partial charge in [0.05, 0.1) is 0 Å². The fraction of sp³-hybridized carbons (Fsp3) is 0.481. The largest absolute Gasteiger partial charge is 0.480 e. The number of carboxylic acids is 1. The van der Waals surface area contributed by atoms with Crippen LogP contribution in [0.15, 0.2) is 47.4 Å². The molecule has 0 bridgehead atoms. The van der Waals surface area contributed by atoms with Crippen LogP contribution in [0.3, 0.4) is 0 Å². The summed E-state index contributed by atoms with van der Waals surface area (Å²) in [6, 6.07) is 12.1. The first kappa shape index (κ1) is 27.4. The minimum absolute atomic E-state index is 0.140. The molecular weight excluding hydrogens is 512 g/mol. The van der Waals surface area contributed by atoms with E-state index in [0.29, 0.717) is 37.5 Å². The minimum atomic E-state index is -3.33. The summed E-state index contributed by atoms with van der Waals surface area (Å²) in [5.41, 5.74) is 2.75. The van der Waals surface area contributed by atoms with Gasteiger partial charge in [-0.05, 0) is 70.0 Å². The zero-order valence-electron chi connectivity index (χ0n) is 21.9. The second kappa shape index (κ2) is 10.3. The van der Waals surface area contributed by atoms with Gasteiger partial charge < -0.3 is 15.3 Å². The highest BCUT2D eigenvalue weighted by Gasteiger charge is 2.39. The van der Waals surface area contributed by atoms with E-state index in [1.807, 2.05) is 68.8 Å². The number of carbonyl (C=O) groups is 2. The maximum atomic E-state index is 14.5. The number of fused-ring (bicyclic) bond motifs is 1. The highest BCUT2D eigenvalue weighted by Crippen LogP contribution is 2.39. The Kier molecular flexibility index (Phi) is 7.61. The zero-order valence-corrected chi connectivity index (χ0v) is 23.5. The number of aliphatic carboxylic acids is 1. The molecule has 2 amide bonds. The molecular formula is C27H37ClN4O4S. The summed E-state index contributed by atoms with van der Waals surface area (Å²) in [6.45, 7) is 7.11. The molecule has 0 spiro atoms. The predicted molar refractivity (Wildman–Crippen MR) is 150 cm³/mol. The molecule has 2 aromatic carbocycles. The molecule has 0 aliphatic carbocycles. The summed E-state index contributed by atoms with van der Waals surface area (Å²) >= 11 is 6.17. The van der Waals surface area contributed by atoms with Crippen LogP contribution in [0.1, 0.15) is 25.8 Å². The van der Waals surface area contributed by atoms with Crippen molar-refractivity contribution in [1.82, 2.24) is 9.62 Å². The van der Waals surface area contributed by atoms with Crippen LogP contribution in [0.25, 0.3) is 0 Å². The van der Waals surface area contributed by atoms with Crippen LogP contribution >= 0.6 is 11.6 Å². The van der Waals surface area contributed by atoms with Crippen molar-refractivity contribution in [2.24, 2.45) is 5.92 Å². The Morgan fingerprint density at radius 3 is 2.38 bits per heavy atom. The Bertz CT molecular complexity index is 1250. The topological polar surface area (TPSA) is 93.2 Å². The van der Waals surface area contributed by atoms with E-state index >= 15 is 0 Å². The number of piperazine rings is 1. The summed E-state index contributed by atoms with van der Waals surface area (Å²) in [7, 11) is -3.33. The van der Waals surface area contributed by atoms with Crippen LogP contribution in [-0.2, 0) is 20.5 Å². The normalized spacial score (nSPS) is 18.3. The lowest BCUT2D eigenvalue weighted by molar-refractivity contribution is -0.139. The number of benzene rings is 2. The van der Waals surface area contributed by atoms with Gasteiger partial charge in [-0.15, -0.1) is 0 Å². The number of hydrogen-bond acceptors (Lipinski definition) is 4. The second-order valence-corrected chi connectivity index (χ2v) is 15.8. The molecule has 0 saturated carbocycles. The molecule has 1 unspecified atom stereocenters. The van der Waals surface area contributed by atoms with Crippen LogP contribution in [0.5, 0.6) is 0 Å². The first-order valence-corrected chi connectivity index (χ1v) is 15.8. The predicted octanol–water partition coefficient (Wildman–Crippen LogP) is 4.09. The van der Waals surface area contributed by atoms with Crippen molar-refractivity contribution < 1.29 is 18.9 Å². The van der Waals surface area contributed by atoms with Gasteiger partial charge in [0.25, 0.3) is 0 Å². The molecule has 2 aromatic rings. The number of nitrogens with zero attached hydrogens (tertiary/aromatic N) is 3. The van der Waals surface area contributed by atoms with Crippen LogP contribution in [0, 0.1) is 5.92 Å². The third kappa shape index (κ3) is 5.78. The Labute approximate surface area is 224 Å². The van der Waals surface area contributed by atoms with Gasteiger partial charge in [0.1, 0.15) is 6.04 Å². The molecule has 37 heavy (non-hydrogen) atoms. The van der Waals surface area contributed by atoms with Gasteiger partial charge >= 0.3 is 12.0 Å². The van der Waals surface area contributed by atoms with Crippen molar-refractivity contribution in [2.75, 3.05) is 55.0 Å². The monoisotopic (exact) mass is 548 g/mol. The van der Waals surface area contributed by atoms with Gasteiger partial charge in [-0.25, -0.2) is 13.9 Å². The van der Waals surface area contributed by atoms with E-state index < -0.39 is 27.3 Å². The van der Waals surface area contributed by atoms with Crippen molar-refractivity contribution in [3.05, 3.63) is 53.1 Å². The molecule has 8 nitrogen and oxygen atoms in total. The molecule has 202 valence electrons. The Morgan fingerprint density at radius 2 is 1.76 bits per heavy atom. The molecule has 0 aromatic heterocycles. The average Bonchev–Trinajstić information content (AvgIpc) is 3.27. The van der Waals surface area contributed by atoms with Gasteiger partial charge in [-0.3, -0.25) is 9.11 Å². The molecule has 1 saturated heterocycles. The number of hydrogen-bond donors (Lipinski definition) is 2. The van der Waals surface area contributed by atoms with Gasteiger partial charge in [0, 0.05) is 66.5 Å². The molecule has 1 atom stereocenters. The van der Waals surface area contributed by atoms with Gasteiger partial charge in [0.2, 0.25) is 0 Å². The third-order valence-corrected chi connectivity index (χ3v) is 11.0. The van der Waals surface area contributed by atoms with E-state index in [-0.39, 0.29) is 5.92 Å². The van der Waals surface area contributed by atoms with E-state index in [0.717, 1.165) is 34.9 Å². The quantitative estimate of drug-likeness (QED) is 0.543. The van der Waals surface area contributed by atoms with Gasteiger partial charge in [-0.2, -0.15) is 0 Å². The van der Waals surface area contributed by atoms with Crippen LogP contribution in [-0.4, -0.2) is 76.9 Å². The van der Waals surface area contributed by atoms with Crippen molar-refractivity contribution in [3.63, 3.8) is 0 Å². The Balaban J connectivity index is 1.48. The number of anilines is 2. The first-order valence-electron chi connectivity index (χ1n) is 12.7. The SMILES string of the molecule is CC(C)CC(NC(=O)N1CCc2cc(S(C)(C)(=O)N3CCN(c4cccc(Cl)c4)CC3)ccc21)C(=O)O. The van der Waals surface area contributed by atoms with Crippen LogP contribution < -0.4 is 15.1 Å². The number of halogens is 1. The van der Waals surface area contributed by atoms with E-state index in [1.165, 1.54) is 0 Å². The maximum Gasteiger partial charge on any atom is 0.326 e. The van der Waals surface area contributed by atoms with E-state index in [9.17, 15) is 18.9 Å². The minimum Gasteiger partial charge on any atom is -0.480 e. The van der Waals surface area contributed by atoms with E-state index in [2.05, 4.69) is 14.5 Å². The van der Waals surface area contributed by atoms with Crippen molar-refractivity contribution >= 4 is 44.2 Å². The molecule has 1 fully saturated rings. The highest BCUT2D eigenvalue weighted by molar-refractivity contribution is 8.16. The maximum absolute atomic E-state index is 14.5. The number of nitrogens with one attached hydrogen (secondary N) is 1. The van der Waals surface area contributed by atoms with Crippen molar-refractivity contribution in [1.29, 1.82) is 0 Å². The third-order valence-electron chi connectivity index (χ3n) is 7.33. The molecule has 0 radical (unpaired) electrons. The fourth-order valence-corrected chi connectivity index (χ4v) is 7.81. The number of carboxylic acid groups (broad SMARTS) is 1. The number of amides is 2. The molecule has 2 N–H and O–H groups in total.